The molecule has 72 valence electrons. The first kappa shape index (κ1) is 9.46. The van der Waals surface area contributed by atoms with Gasteiger partial charge in [0.25, 0.3) is 0 Å². The molecule has 14 heavy (non-hydrogen) atoms. The minimum atomic E-state index is 0.958. The number of rotatable bonds is 1. The van der Waals surface area contributed by atoms with Crippen LogP contribution >= 0.6 is 15.9 Å². The summed E-state index contributed by atoms with van der Waals surface area (Å²) in [4.78, 5) is 4.34. The van der Waals surface area contributed by atoms with E-state index in [4.69, 9.17) is 0 Å². The number of nitrogens with zero attached hydrogens (tertiary/aromatic N) is 2. The van der Waals surface area contributed by atoms with Gasteiger partial charge >= 0.3 is 0 Å². The lowest BCUT2D eigenvalue weighted by atomic mass is 10.4. The number of pyridine rings is 1. The Hall–Kier alpha value is -1.09. The van der Waals surface area contributed by atoms with E-state index in [0.717, 1.165) is 10.3 Å². The second-order valence-electron chi connectivity index (χ2n) is 3.28. The van der Waals surface area contributed by atoms with Crippen LogP contribution < -0.4 is 0 Å². The van der Waals surface area contributed by atoms with Crippen LogP contribution in [-0.4, -0.2) is 9.55 Å². The van der Waals surface area contributed by atoms with Crippen LogP contribution in [-0.2, 0) is 0 Å². The lowest BCUT2D eigenvalue weighted by molar-refractivity contribution is 0.921. The van der Waals surface area contributed by atoms with E-state index < -0.39 is 0 Å². The van der Waals surface area contributed by atoms with Gasteiger partial charge in [-0.05, 0) is 38.1 Å². The van der Waals surface area contributed by atoms with Gasteiger partial charge in [-0.15, -0.1) is 0 Å². The maximum atomic E-state index is 4.34. The molecule has 0 fully saturated rings. The van der Waals surface area contributed by atoms with Crippen LogP contribution in [0.4, 0.5) is 0 Å². The fourth-order valence-electron chi connectivity index (χ4n) is 1.55. The van der Waals surface area contributed by atoms with Crippen molar-refractivity contribution in [3.8, 4) is 5.82 Å². The van der Waals surface area contributed by atoms with Crippen LogP contribution in [0.15, 0.2) is 34.9 Å². The smallest absolute Gasteiger partial charge is 0.138 e. The Morgan fingerprint density at radius 2 is 1.79 bits per heavy atom. The largest absolute Gasteiger partial charge is 0.303 e. The molecule has 2 heterocycles. The summed E-state index contributed by atoms with van der Waals surface area (Å²) in [6.45, 7) is 4.16. The summed E-state index contributed by atoms with van der Waals surface area (Å²) >= 11 is 3.44. The molecule has 0 unspecified atom stereocenters. The summed E-state index contributed by atoms with van der Waals surface area (Å²) in [6, 6.07) is 8.13. The first-order valence-corrected chi connectivity index (χ1v) is 5.24. The standard InChI is InChI=1S/C11H11BrN2/c1-8-3-4-9(2)14(8)11-7-10(12)5-6-13-11/h3-7H,1-2H3. The Morgan fingerprint density at radius 1 is 1.14 bits per heavy atom. The summed E-state index contributed by atoms with van der Waals surface area (Å²) in [5.41, 5.74) is 2.40. The van der Waals surface area contributed by atoms with Gasteiger partial charge in [-0.1, -0.05) is 15.9 Å². The zero-order valence-corrected chi connectivity index (χ0v) is 9.75. The predicted molar refractivity (Wildman–Crippen MR) is 60.7 cm³/mol. The van der Waals surface area contributed by atoms with Gasteiger partial charge in [-0.25, -0.2) is 4.98 Å². The van der Waals surface area contributed by atoms with Gasteiger partial charge in [0, 0.05) is 22.1 Å². The molecule has 0 spiro atoms. The molecular formula is C11H11BrN2. The van der Waals surface area contributed by atoms with E-state index in [1.54, 1.807) is 6.20 Å². The van der Waals surface area contributed by atoms with Crippen LogP contribution in [0.3, 0.4) is 0 Å². The van der Waals surface area contributed by atoms with Crippen LogP contribution in [0.2, 0.25) is 0 Å². The van der Waals surface area contributed by atoms with Crippen molar-refractivity contribution < 1.29 is 0 Å². The fraction of sp³-hybridized carbons (Fsp3) is 0.182. The van der Waals surface area contributed by atoms with Crippen LogP contribution in [0.5, 0.6) is 0 Å². The maximum Gasteiger partial charge on any atom is 0.138 e. The second-order valence-corrected chi connectivity index (χ2v) is 4.20. The van der Waals surface area contributed by atoms with Gasteiger partial charge in [-0.3, -0.25) is 0 Å². The molecule has 0 saturated heterocycles. The number of aromatic nitrogens is 2. The Kier molecular flexibility index (Phi) is 2.42. The highest BCUT2D eigenvalue weighted by Crippen LogP contribution is 2.17. The zero-order valence-electron chi connectivity index (χ0n) is 8.16. The Labute approximate surface area is 91.7 Å². The minimum absolute atomic E-state index is 0.958. The van der Waals surface area contributed by atoms with E-state index in [1.807, 2.05) is 12.1 Å². The maximum absolute atomic E-state index is 4.34. The summed E-state index contributed by atoms with van der Waals surface area (Å²) in [7, 11) is 0. The summed E-state index contributed by atoms with van der Waals surface area (Å²) in [5.74, 6) is 0.958. The fourth-order valence-corrected chi connectivity index (χ4v) is 1.87. The second kappa shape index (κ2) is 3.58. The van der Waals surface area contributed by atoms with Crippen molar-refractivity contribution in [2.45, 2.75) is 13.8 Å². The Bertz CT molecular complexity index is 441. The molecule has 0 radical (unpaired) electrons. The molecule has 3 heteroatoms. The van der Waals surface area contributed by atoms with E-state index in [1.165, 1.54) is 11.4 Å². The highest BCUT2D eigenvalue weighted by atomic mass is 79.9. The average Bonchev–Trinajstić information content (AvgIpc) is 2.46. The third kappa shape index (κ3) is 1.60. The molecule has 0 aliphatic carbocycles. The van der Waals surface area contributed by atoms with Crippen molar-refractivity contribution >= 4 is 15.9 Å². The van der Waals surface area contributed by atoms with E-state index in [-0.39, 0.29) is 0 Å². The number of hydrogen-bond donors (Lipinski definition) is 0. The number of aryl methyl sites for hydroxylation is 2. The van der Waals surface area contributed by atoms with Gasteiger partial charge in [0.15, 0.2) is 0 Å². The molecule has 0 saturated carbocycles. The van der Waals surface area contributed by atoms with Gasteiger partial charge in [0.05, 0.1) is 0 Å². The molecule has 2 rings (SSSR count). The van der Waals surface area contributed by atoms with Gasteiger partial charge < -0.3 is 4.57 Å². The minimum Gasteiger partial charge on any atom is -0.303 e. The molecule has 0 aromatic carbocycles. The predicted octanol–water partition coefficient (Wildman–Crippen LogP) is 3.25. The molecular weight excluding hydrogens is 240 g/mol. The Morgan fingerprint density at radius 3 is 2.36 bits per heavy atom. The third-order valence-corrected chi connectivity index (χ3v) is 2.70. The van der Waals surface area contributed by atoms with E-state index >= 15 is 0 Å². The summed E-state index contributed by atoms with van der Waals surface area (Å²) in [5, 5.41) is 0. The van der Waals surface area contributed by atoms with Gasteiger partial charge in [-0.2, -0.15) is 0 Å². The highest BCUT2D eigenvalue weighted by molar-refractivity contribution is 9.10. The third-order valence-electron chi connectivity index (χ3n) is 2.21. The van der Waals surface area contributed by atoms with Crippen molar-refractivity contribution in [3.63, 3.8) is 0 Å². The topological polar surface area (TPSA) is 17.8 Å². The zero-order chi connectivity index (χ0) is 10.1. The van der Waals surface area contributed by atoms with E-state index in [0.29, 0.717) is 0 Å². The molecule has 2 nitrogen and oxygen atoms in total. The van der Waals surface area contributed by atoms with Crippen molar-refractivity contribution in [1.29, 1.82) is 0 Å². The molecule has 2 aromatic heterocycles. The quantitative estimate of drug-likeness (QED) is 0.760. The SMILES string of the molecule is Cc1ccc(C)n1-c1cc(Br)ccn1. The lowest BCUT2D eigenvalue weighted by Gasteiger charge is -2.07. The van der Waals surface area contributed by atoms with Crippen LogP contribution in [0.1, 0.15) is 11.4 Å². The van der Waals surface area contributed by atoms with Crippen molar-refractivity contribution in [2.75, 3.05) is 0 Å². The van der Waals surface area contributed by atoms with Crippen LogP contribution in [0.25, 0.3) is 5.82 Å². The average molecular weight is 251 g/mol. The van der Waals surface area contributed by atoms with Crippen molar-refractivity contribution in [1.82, 2.24) is 9.55 Å². The monoisotopic (exact) mass is 250 g/mol. The first-order chi connectivity index (χ1) is 6.68. The van der Waals surface area contributed by atoms with Gasteiger partial charge in [0.1, 0.15) is 5.82 Å². The normalized spacial score (nSPS) is 10.5. The number of hydrogen-bond acceptors (Lipinski definition) is 1. The lowest BCUT2D eigenvalue weighted by Crippen LogP contribution is -2.00. The number of halogens is 1. The molecule has 0 N–H and O–H groups in total. The van der Waals surface area contributed by atoms with E-state index in [9.17, 15) is 0 Å². The molecule has 2 aromatic rings. The molecule has 0 aliphatic rings. The molecule has 0 bridgehead atoms. The molecule has 0 aliphatic heterocycles. The molecule has 0 amide bonds. The van der Waals surface area contributed by atoms with Gasteiger partial charge in [0.2, 0.25) is 0 Å². The highest BCUT2D eigenvalue weighted by Gasteiger charge is 2.04. The van der Waals surface area contributed by atoms with Crippen LogP contribution in [0, 0.1) is 13.8 Å². The van der Waals surface area contributed by atoms with E-state index in [2.05, 4.69) is 51.5 Å². The summed E-state index contributed by atoms with van der Waals surface area (Å²) in [6.07, 6.45) is 1.80. The Balaban J connectivity index is 2.59. The summed E-state index contributed by atoms with van der Waals surface area (Å²) < 4.78 is 3.18. The molecule has 0 atom stereocenters. The van der Waals surface area contributed by atoms with Crippen molar-refractivity contribution in [2.24, 2.45) is 0 Å². The van der Waals surface area contributed by atoms with Crippen molar-refractivity contribution in [3.05, 3.63) is 46.3 Å². The first-order valence-electron chi connectivity index (χ1n) is 4.45.